The first kappa shape index (κ1) is 15.6. The van der Waals surface area contributed by atoms with E-state index in [0.717, 1.165) is 11.1 Å². The minimum atomic E-state index is -0.466. The fraction of sp³-hybridized carbons (Fsp3) is 0.294. The van der Waals surface area contributed by atoms with Crippen molar-refractivity contribution in [3.63, 3.8) is 0 Å². The summed E-state index contributed by atoms with van der Waals surface area (Å²) in [4.78, 5) is 0. The molecule has 0 aromatic heterocycles. The zero-order valence-electron chi connectivity index (χ0n) is 12.3. The molecule has 0 heterocycles. The molecule has 0 N–H and O–H groups in total. The second kappa shape index (κ2) is 6.81. The molecule has 4 heteroatoms. The Labute approximate surface area is 129 Å². The highest BCUT2D eigenvalue weighted by molar-refractivity contribution is 6.21. The van der Waals surface area contributed by atoms with Crippen LogP contribution in [0.3, 0.4) is 0 Å². The molecule has 2 nitrogen and oxygen atoms in total. The third kappa shape index (κ3) is 3.67. The van der Waals surface area contributed by atoms with Gasteiger partial charge in [0.25, 0.3) is 0 Å². The molecule has 1 atom stereocenters. The first-order valence-corrected chi connectivity index (χ1v) is 7.09. The molecule has 0 fully saturated rings. The molecule has 2 aromatic rings. The number of halogens is 2. The second-order valence-corrected chi connectivity index (χ2v) is 5.42. The Morgan fingerprint density at radius 2 is 1.76 bits per heavy atom. The number of hydrogen-bond donors (Lipinski definition) is 0. The van der Waals surface area contributed by atoms with Crippen LogP contribution in [-0.2, 0) is 6.42 Å². The summed E-state index contributed by atoms with van der Waals surface area (Å²) in [6, 6.07) is 10.9. The number of aryl methyl sites for hydroxylation is 1. The van der Waals surface area contributed by atoms with Crippen LogP contribution in [0.25, 0.3) is 0 Å². The Kier molecular flexibility index (Phi) is 5.07. The van der Waals surface area contributed by atoms with E-state index in [1.54, 1.807) is 6.07 Å². The topological polar surface area (TPSA) is 18.5 Å². The predicted octanol–water partition coefficient (Wildman–Crippen LogP) is 4.67. The van der Waals surface area contributed by atoms with E-state index in [2.05, 4.69) is 0 Å². The van der Waals surface area contributed by atoms with E-state index >= 15 is 0 Å². The van der Waals surface area contributed by atoms with Crippen LogP contribution in [0.15, 0.2) is 36.4 Å². The van der Waals surface area contributed by atoms with Crippen LogP contribution in [0.2, 0.25) is 0 Å². The molecule has 1 unspecified atom stereocenters. The Bertz CT molecular complexity index is 628. The maximum absolute atomic E-state index is 14.2. The Morgan fingerprint density at radius 1 is 1.10 bits per heavy atom. The average Bonchev–Trinajstić information content (AvgIpc) is 2.46. The summed E-state index contributed by atoms with van der Waals surface area (Å²) in [6.07, 6.45) is 0.551. The summed E-state index contributed by atoms with van der Waals surface area (Å²) in [7, 11) is 2.99. The molecule has 0 radical (unpaired) electrons. The van der Waals surface area contributed by atoms with Gasteiger partial charge in [0, 0.05) is 11.6 Å². The molecule has 21 heavy (non-hydrogen) atoms. The molecule has 0 saturated heterocycles. The minimum Gasteiger partial charge on any atom is -0.493 e. The molecule has 112 valence electrons. The molecule has 0 aliphatic carbocycles. The molecule has 2 rings (SSSR count). The second-order valence-electron chi connectivity index (χ2n) is 4.89. The lowest BCUT2D eigenvalue weighted by Crippen LogP contribution is -2.02. The lowest BCUT2D eigenvalue weighted by Gasteiger charge is -2.15. The summed E-state index contributed by atoms with van der Waals surface area (Å²) < 4.78 is 24.4. The molecular weight excluding hydrogens is 291 g/mol. The zero-order chi connectivity index (χ0) is 15.4. The van der Waals surface area contributed by atoms with Gasteiger partial charge in [0.1, 0.15) is 5.82 Å². The van der Waals surface area contributed by atoms with Gasteiger partial charge in [0.05, 0.1) is 19.6 Å². The van der Waals surface area contributed by atoms with Gasteiger partial charge in [-0.3, -0.25) is 0 Å². The average molecular weight is 309 g/mol. The van der Waals surface area contributed by atoms with Crippen LogP contribution in [0.5, 0.6) is 11.5 Å². The summed E-state index contributed by atoms with van der Waals surface area (Å²) in [6.45, 7) is 2.02. The van der Waals surface area contributed by atoms with Crippen molar-refractivity contribution < 1.29 is 13.9 Å². The number of rotatable bonds is 5. The summed E-state index contributed by atoms with van der Waals surface area (Å²) >= 11 is 6.39. The molecular formula is C17H18ClFO2. The van der Waals surface area contributed by atoms with Gasteiger partial charge in [-0.2, -0.15) is 0 Å². The van der Waals surface area contributed by atoms with Crippen molar-refractivity contribution in [2.45, 2.75) is 18.7 Å². The van der Waals surface area contributed by atoms with Crippen LogP contribution in [0, 0.1) is 12.7 Å². The fourth-order valence-electron chi connectivity index (χ4n) is 2.27. The van der Waals surface area contributed by atoms with Crippen molar-refractivity contribution in [3.8, 4) is 11.5 Å². The number of methoxy groups -OCH3 is 2. The van der Waals surface area contributed by atoms with Crippen LogP contribution in [0.4, 0.5) is 4.39 Å². The van der Waals surface area contributed by atoms with Gasteiger partial charge in [-0.25, -0.2) is 4.39 Å². The first-order chi connectivity index (χ1) is 10.0. The summed E-state index contributed by atoms with van der Waals surface area (Å²) in [5, 5.41) is -0.466. The molecule has 0 saturated carbocycles. The SMILES string of the molecule is COc1cc(F)c(C(Cl)Cc2cccc(C)c2)cc1OC. The van der Waals surface area contributed by atoms with Gasteiger partial charge < -0.3 is 9.47 Å². The normalized spacial score (nSPS) is 12.0. The van der Waals surface area contributed by atoms with Gasteiger partial charge in [-0.15, -0.1) is 11.6 Å². The molecule has 0 aliphatic heterocycles. The number of benzene rings is 2. The standard InChI is InChI=1S/C17H18ClFO2/c1-11-5-4-6-12(7-11)8-14(18)13-9-16(20-2)17(21-3)10-15(13)19/h4-7,9-10,14H,8H2,1-3H3. The number of alkyl halides is 1. The molecule has 0 spiro atoms. The fourth-order valence-corrected chi connectivity index (χ4v) is 2.61. The summed E-state index contributed by atoms with van der Waals surface area (Å²) in [5.74, 6) is 0.447. The monoisotopic (exact) mass is 308 g/mol. The minimum absolute atomic E-state index is 0.359. The van der Waals surface area contributed by atoms with E-state index in [1.807, 2.05) is 31.2 Å². The molecule has 0 amide bonds. The van der Waals surface area contributed by atoms with Crippen molar-refractivity contribution in [1.29, 1.82) is 0 Å². The maximum Gasteiger partial charge on any atom is 0.163 e. The highest BCUT2D eigenvalue weighted by Crippen LogP contribution is 2.35. The summed E-state index contributed by atoms with van der Waals surface area (Å²) in [5.41, 5.74) is 2.64. The maximum atomic E-state index is 14.2. The molecule has 0 bridgehead atoms. The number of hydrogen-bond acceptors (Lipinski definition) is 2. The third-order valence-corrected chi connectivity index (χ3v) is 3.73. The quantitative estimate of drug-likeness (QED) is 0.747. The van der Waals surface area contributed by atoms with E-state index in [4.69, 9.17) is 21.1 Å². The Balaban J connectivity index is 2.28. The van der Waals surface area contributed by atoms with Crippen molar-refractivity contribution in [2.75, 3.05) is 14.2 Å². The predicted molar refractivity (Wildman–Crippen MR) is 83.0 cm³/mol. The smallest absolute Gasteiger partial charge is 0.163 e. The lowest BCUT2D eigenvalue weighted by molar-refractivity contribution is 0.351. The van der Waals surface area contributed by atoms with E-state index in [-0.39, 0.29) is 5.82 Å². The van der Waals surface area contributed by atoms with Crippen LogP contribution >= 0.6 is 11.6 Å². The largest absolute Gasteiger partial charge is 0.493 e. The van der Waals surface area contributed by atoms with Crippen molar-refractivity contribution in [2.24, 2.45) is 0 Å². The zero-order valence-corrected chi connectivity index (χ0v) is 13.1. The van der Waals surface area contributed by atoms with E-state index in [1.165, 1.54) is 20.3 Å². The van der Waals surface area contributed by atoms with Crippen molar-refractivity contribution >= 4 is 11.6 Å². The van der Waals surface area contributed by atoms with E-state index in [9.17, 15) is 4.39 Å². The van der Waals surface area contributed by atoms with Crippen LogP contribution < -0.4 is 9.47 Å². The van der Waals surface area contributed by atoms with E-state index < -0.39 is 5.38 Å². The Hall–Kier alpha value is -1.74. The molecule has 0 aliphatic rings. The van der Waals surface area contributed by atoms with Gasteiger partial charge in [0.2, 0.25) is 0 Å². The first-order valence-electron chi connectivity index (χ1n) is 6.66. The van der Waals surface area contributed by atoms with Crippen molar-refractivity contribution in [1.82, 2.24) is 0 Å². The van der Waals surface area contributed by atoms with E-state index in [0.29, 0.717) is 23.5 Å². The highest BCUT2D eigenvalue weighted by atomic mass is 35.5. The Morgan fingerprint density at radius 3 is 2.38 bits per heavy atom. The van der Waals surface area contributed by atoms with Gasteiger partial charge in [-0.1, -0.05) is 29.8 Å². The molecule has 2 aromatic carbocycles. The van der Waals surface area contributed by atoms with Crippen LogP contribution in [0.1, 0.15) is 22.1 Å². The van der Waals surface area contributed by atoms with Gasteiger partial charge >= 0.3 is 0 Å². The number of ether oxygens (including phenoxy) is 2. The van der Waals surface area contributed by atoms with Crippen molar-refractivity contribution in [3.05, 3.63) is 58.9 Å². The van der Waals surface area contributed by atoms with Crippen LogP contribution in [-0.4, -0.2) is 14.2 Å². The highest BCUT2D eigenvalue weighted by Gasteiger charge is 2.18. The third-order valence-electron chi connectivity index (χ3n) is 3.34. The lowest BCUT2D eigenvalue weighted by atomic mass is 10.0. The van der Waals surface area contributed by atoms with Gasteiger partial charge in [0.15, 0.2) is 11.5 Å². The van der Waals surface area contributed by atoms with Gasteiger partial charge in [-0.05, 0) is 25.0 Å².